The van der Waals surface area contributed by atoms with E-state index in [1.54, 1.807) is 20.2 Å². The van der Waals surface area contributed by atoms with Gasteiger partial charge in [-0.1, -0.05) is 0 Å². The molecule has 2 aliphatic rings. The van der Waals surface area contributed by atoms with Crippen LogP contribution < -0.4 is 19.9 Å². The molecule has 0 bridgehead atoms. The van der Waals surface area contributed by atoms with E-state index in [0.717, 1.165) is 24.0 Å². The van der Waals surface area contributed by atoms with Crippen molar-refractivity contribution in [2.24, 2.45) is 0 Å². The van der Waals surface area contributed by atoms with Crippen molar-refractivity contribution in [1.29, 1.82) is 0 Å². The largest absolute Gasteiger partial charge is 0.490 e. The van der Waals surface area contributed by atoms with Crippen LogP contribution >= 0.6 is 0 Å². The Morgan fingerprint density at radius 3 is 2.51 bits per heavy atom. The lowest BCUT2D eigenvalue weighted by Crippen LogP contribution is -2.65. The van der Waals surface area contributed by atoms with Crippen molar-refractivity contribution in [2.75, 3.05) is 31.9 Å². The number of aromatic nitrogens is 1. The van der Waals surface area contributed by atoms with Crippen LogP contribution in [-0.2, 0) is 9.47 Å². The van der Waals surface area contributed by atoms with Crippen LogP contribution in [0.15, 0.2) is 29.2 Å². The maximum atomic E-state index is 13.0. The maximum absolute atomic E-state index is 13.0. The first-order chi connectivity index (χ1) is 16.5. The summed E-state index contributed by atoms with van der Waals surface area (Å²) >= 11 is 0. The van der Waals surface area contributed by atoms with E-state index in [0.29, 0.717) is 30.4 Å². The Bertz CT molecular complexity index is 1180. The lowest BCUT2D eigenvalue weighted by Gasteiger charge is -2.60. The molecule has 2 aliphatic heterocycles. The third-order valence-electron chi connectivity index (χ3n) is 6.28. The molecule has 0 amide bonds. The minimum absolute atomic E-state index is 0.0322. The third kappa shape index (κ3) is 4.76. The van der Waals surface area contributed by atoms with E-state index >= 15 is 0 Å². The Balaban J connectivity index is 1.86. The fraction of sp³-hybridized carbons (Fsp3) is 0.556. The second-order valence-corrected chi connectivity index (χ2v) is 10.7. The van der Waals surface area contributed by atoms with Gasteiger partial charge in [-0.25, -0.2) is 4.79 Å². The summed E-state index contributed by atoms with van der Waals surface area (Å²) in [6.45, 7) is 13.3. The molecule has 0 radical (unpaired) electrons. The number of hydrogen-bond acceptors (Lipinski definition) is 7. The molecule has 0 spiro atoms. The average molecular weight is 485 g/mol. The van der Waals surface area contributed by atoms with E-state index in [4.69, 9.17) is 18.9 Å². The van der Waals surface area contributed by atoms with Crippen LogP contribution in [0.4, 0.5) is 0 Å². The van der Waals surface area contributed by atoms with Gasteiger partial charge in [0.15, 0.2) is 16.9 Å². The molecule has 0 saturated carbocycles. The summed E-state index contributed by atoms with van der Waals surface area (Å²) in [5.74, 6) is 0.692. The Kier molecular flexibility index (Phi) is 6.62. The molecule has 1 saturated heterocycles. The van der Waals surface area contributed by atoms with Gasteiger partial charge in [-0.2, -0.15) is 0 Å². The molecular formula is C27H36N2O6. The second kappa shape index (κ2) is 9.22. The molecule has 0 aliphatic carbocycles. The minimum Gasteiger partial charge on any atom is -0.490 e. The highest BCUT2D eigenvalue weighted by Gasteiger charge is 2.50. The summed E-state index contributed by atoms with van der Waals surface area (Å²) in [5.41, 5.74) is 1.77. The first kappa shape index (κ1) is 25.1. The van der Waals surface area contributed by atoms with Crippen molar-refractivity contribution in [3.8, 4) is 22.8 Å². The number of nitrogens with zero attached hydrogens (tertiary/aromatic N) is 2. The first-order valence-electron chi connectivity index (χ1n) is 12.2. The van der Waals surface area contributed by atoms with E-state index in [1.807, 2.05) is 37.6 Å². The van der Waals surface area contributed by atoms with Gasteiger partial charge in [-0.3, -0.25) is 14.5 Å². The van der Waals surface area contributed by atoms with Gasteiger partial charge in [0.1, 0.15) is 11.2 Å². The van der Waals surface area contributed by atoms with E-state index in [1.165, 1.54) is 6.07 Å². The smallest absolute Gasteiger partial charge is 0.343 e. The number of esters is 1. The normalized spacial score (nSPS) is 17.6. The molecule has 8 heteroatoms. The summed E-state index contributed by atoms with van der Waals surface area (Å²) in [7, 11) is 1.67. The van der Waals surface area contributed by atoms with E-state index in [9.17, 15) is 9.59 Å². The zero-order chi connectivity index (χ0) is 25.5. The molecule has 4 rings (SSSR count). The molecule has 1 atom stereocenters. The number of hydrogen-bond donors (Lipinski definition) is 0. The molecule has 3 heterocycles. The van der Waals surface area contributed by atoms with Crippen molar-refractivity contribution in [2.45, 2.75) is 71.6 Å². The Hall–Kier alpha value is -3.00. The van der Waals surface area contributed by atoms with E-state index in [-0.39, 0.29) is 29.2 Å². The number of carbonyl (C=O) groups excluding carboxylic acids is 1. The maximum Gasteiger partial charge on any atom is 0.343 e. The molecule has 35 heavy (non-hydrogen) atoms. The zero-order valence-corrected chi connectivity index (χ0v) is 21.8. The van der Waals surface area contributed by atoms with Crippen molar-refractivity contribution < 1.29 is 23.7 Å². The van der Waals surface area contributed by atoms with Crippen molar-refractivity contribution >= 4 is 5.97 Å². The quantitative estimate of drug-likeness (QED) is 0.404. The van der Waals surface area contributed by atoms with Gasteiger partial charge < -0.3 is 18.9 Å². The molecule has 8 nitrogen and oxygen atoms in total. The minimum atomic E-state index is -0.606. The van der Waals surface area contributed by atoms with E-state index in [2.05, 4.69) is 18.9 Å². The van der Waals surface area contributed by atoms with Gasteiger partial charge in [-0.05, 0) is 65.7 Å². The topological polar surface area (TPSA) is 79.2 Å². The summed E-state index contributed by atoms with van der Waals surface area (Å²) in [6.07, 6.45) is 3.30. The predicted octanol–water partition coefficient (Wildman–Crippen LogP) is 4.46. The number of pyridine rings is 1. The number of ether oxygens (including phenoxy) is 4. The van der Waals surface area contributed by atoms with Gasteiger partial charge >= 0.3 is 5.97 Å². The molecule has 1 aromatic carbocycles. The van der Waals surface area contributed by atoms with Crippen LogP contribution in [0.25, 0.3) is 11.3 Å². The molecule has 2 aromatic rings. The highest BCUT2D eigenvalue weighted by Crippen LogP contribution is 2.53. The molecule has 190 valence electrons. The fourth-order valence-electron chi connectivity index (χ4n) is 4.89. The summed E-state index contributed by atoms with van der Waals surface area (Å²) in [4.78, 5) is 25.4. The number of benzene rings is 1. The summed E-state index contributed by atoms with van der Waals surface area (Å²) in [6, 6.07) is 5.61. The SMILES string of the molecule is CCOC(=O)c1cn2c(cc1=O)-c1cc(OC(C)(C)C)c(OCCCOC)cc1C1CC(C)(C)N12. The highest BCUT2D eigenvalue weighted by atomic mass is 16.5. The third-order valence-corrected chi connectivity index (χ3v) is 6.28. The van der Waals surface area contributed by atoms with E-state index < -0.39 is 11.6 Å². The van der Waals surface area contributed by atoms with Crippen molar-refractivity contribution in [3.63, 3.8) is 0 Å². The first-order valence-corrected chi connectivity index (χ1v) is 12.2. The summed E-state index contributed by atoms with van der Waals surface area (Å²) < 4.78 is 24.6. The van der Waals surface area contributed by atoms with Gasteiger partial charge in [-0.15, -0.1) is 0 Å². The van der Waals surface area contributed by atoms with Crippen LogP contribution in [-0.4, -0.2) is 48.7 Å². The molecule has 1 fully saturated rings. The monoisotopic (exact) mass is 484 g/mol. The van der Waals surface area contributed by atoms with Gasteiger partial charge in [0.25, 0.3) is 0 Å². The van der Waals surface area contributed by atoms with Gasteiger partial charge in [0.2, 0.25) is 0 Å². The van der Waals surface area contributed by atoms with Crippen molar-refractivity contribution in [1.82, 2.24) is 4.68 Å². The number of rotatable bonds is 8. The molecule has 1 unspecified atom stereocenters. The Morgan fingerprint density at radius 2 is 1.89 bits per heavy atom. The fourth-order valence-corrected chi connectivity index (χ4v) is 4.89. The van der Waals surface area contributed by atoms with Crippen LogP contribution in [0, 0.1) is 0 Å². The average Bonchev–Trinajstić information content (AvgIpc) is 2.75. The number of carbonyl (C=O) groups is 1. The summed E-state index contributed by atoms with van der Waals surface area (Å²) in [5, 5.41) is 2.21. The Morgan fingerprint density at radius 1 is 1.14 bits per heavy atom. The Labute approximate surface area is 206 Å². The van der Waals surface area contributed by atoms with Gasteiger partial charge in [0.05, 0.1) is 30.5 Å². The van der Waals surface area contributed by atoms with Crippen LogP contribution in [0.1, 0.15) is 76.3 Å². The lowest BCUT2D eigenvalue weighted by atomic mass is 9.76. The van der Waals surface area contributed by atoms with Crippen LogP contribution in [0.3, 0.4) is 0 Å². The second-order valence-electron chi connectivity index (χ2n) is 10.7. The van der Waals surface area contributed by atoms with Crippen LogP contribution in [0.2, 0.25) is 0 Å². The number of methoxy groups -OCH3 is 1. The molecular weight excluding hydrogens is 448 g/mol. The lowest BCUT2D eigenvalue weighted by molar-refractivity contribution is 0.0522. The molecule has 0 N–H and O–H groups in total. The standard InChI is InChI=1S/C27H36N2O6/c1-8-33-25(31)19-16-28-20(14-22(19)30)17-13-24(35-26(2,3)4)23(34-11-9-10-32-7)12-18(17)21-15-27(5,6)29(21)28/h12-14,16,21H,8-11,15H2,1-7H3. The predicted molar refractivity (Wildman–Crippen MR) is 134 cm³/mol. The highest BCUT2D eigenvalue weighted by molar-refractivity contribution is 5.89. The van der Waals surface area contributed by atoms with Gasteiger partial charge in [0, 0.05) is 38.0 Å². The van der Waals surface area contributed by atoms with Crippen LogP contribution in [0.5, 0.6) is 11.5 Å². The zero-order valence-electron chi connectivity index (χ0n) is 21.8. The number of fused-ring (bicyclic) bond motifs is 6. The molecule has 1 aromatic heterocycles. The van der Waals surface area contributed by atoms with Crippen molar-refractivity contribution in [3.05, 3.63) is 45.7 Å².